The highest BCUT2D eigenvalue weighted by atomic mass is 14.9. The summed E-state index contributed by atoms with van der Waals surface area (Å²) in [6, 6.07) is 19.2. The molecule has 19 heavy (non-hydrogen) atoms. The molecule has 0 atom stereocenters. The third-order valence-electron chi connectivity index (χ3n) is 3.28. The molecule has 0 heterocycles. The van der Waals surface area contributed by atoms with Crippen molar-refractivity contribution in [2.24, 2.45) is 5.92 Å². The van der Waals surface area contributed by atoms with E-state index in [0.29, 0.717) is 0 Å². The van der Waals surface area contributed by atoms with Gasteiger partial charge in [-0.3, -0.25) is 0 Å². The van der Waals surface area contributed by atoms with E-state index in [4.69, 9.17) is 0 Å². The molecular formula is C18H23N. The molecule has 0 saturated heterocycles. The maximum absolute atomic E-state index is 3.48. The molecule has 2 aromatic rings. The molecule has 1 heteroatoms. The van der Waals surface area contributed by atoms with Crippen LogP contribution >= 0.6 is 0 Å². The summed E-state index contributed by atoms with van der Waals surface area (Å²) >= 11 is 0. The van der Waals surface area contributed by atoms with Gasteiger partial charge in [0.1, 0.15) is 0 Å². The zero-order chi connectivity index (χ0) is 13.5. The molecule has 0 fully saturated rings. The van der Waals surface area contributed by atoms with Crippen molar-refractivity contribution in [2.45, 2.75) is 26.7 Å². The summed E-state index contributed by atoms with van der Waals surface area (Å²) in [5, 5.41) is 3.48. The first-order valence-electron chi connectivity index (χ1n) is 7.15. The third kappa shape index (κ3) is 4.44. The average molecular weight is 253 g/mol. The Kier molecular flexibility index (Phi) is 5.02. The first kappa shape index (κ1) is 13.7. The van der Waals surface area contributed by atoms with Crippen LogP contribution in [0.4, 0.5) is 5.69 Å². The van der Waals surface area contributed by atoms with E-state index in [0.717, 1.165) is 12.5 Å². The van der Waals surface area contributed by atoms with E-state index in [1.165, 1.54) is 29.7 Å². The van der Waals surface area contributed by atoms with Crippen LogP contribution in [0.5, 0.6) is 0 Å². The summed E-state index contributed by atoms with van der Waals surface area (Å²) in [4.78, 5) is 0. The smallest absolute Gasteiger partial charge is 0.0340 e. The Hall–Kier alpha value is -1.76. The summed E-state index contributed by atoms with van der Waals surface area (Å²) in [6.45, 7) is 5.60. The van der Waals surface area contributed by atoms with Crippen molar-refractivity contribution in [1.29, 1.82) is 0 Å². The molecule has 0 aliphatic heterocycles. The molecule has 0 spiro atoms. The van der Waals surface area contributed by atoms with Gasteiger partial charge in [-0.2, -0.15) is 0 Å². The van der Waals surface area contributed by atoms with Crippen molar-refractivity contribution >= 4 is 5.69 Å². The van der Waals surface area contributed by atoms with Gasteiger partial charge in [-0.1, -0.05) is 56.3 Å². The number of anilines is 1. The van der Waals surface area contributed by atoms with Crippen molar-refractivity contribution in [3.63, 3.8) is 0 Å². The fourth-order valence-electron chi connectivity index (χ4n) is 2.15. The molecule has 0 radical (unpaired) electrons. The number of hydrogen-bond acceptors (Lipinski definition) is 1. The van der Waals surface area contributed by atoms with Gasteiger partial charge in [0.25, 0.3) is 0 Å². The van der Waals surface area contributed by atoms with Crippen molar-refractivity contribution < 1.29 is 0 Å². The van der Waals surface area contributed by atoms with E-state index in [1.54, 1.807) is 0 Å². The van der Waals surface area contributed by atoms with Crippen LogP contribution in [0.3, 0.4) is 0 Å². The lowest BCUT2D eigenvalue weighted by molar-refractivity contribution is 0.567. The molecule has 0 aliphatic carbocycles. The van der Waals surface area contributed by atoms with Crippen LogP contribution in [0.15, 0.2) is 54.6 Å². The van der Waals surface area contributed by atoms with Crippen molar-refractivity contribution in [2.75, 3.05) is 11.9 Å². The highest BCUT2D eigenvalue weighted by molar-refractivity contribution is 5.65. The van der Waals surface area contributed by atoms with E-state index in [1.807, 2.05) is 6.07 Å². The minimum atomic E-state index is 0.794. The molecule has 0 aliphatic rings. The van der Waals surface area contributed by atoms with Gasteiger partial charge in [0.2, 0.25) is 0 Å². The third-order valence-corrected chi connectivity index (χ3v) is 3.28. The van der Waals surface area contributed by atoms with Gasteiger partial charge in [0.05, 0.1) is 0 Å². The van der Waals surface area contributed by atoms with Crippen molar-refractivity contribution in [3.05, 3.63) is 54.6 Å². The molecule has 0 amide bonds. The minimum absolute atomic E-state index is 0.794. The molecule has 0 aromatic heterocycles. The van der Waals surface area contributed by atoms with Gasteiger partial charge in [-0.05, 0) is 42.0 Å². The quantitative estimate of drug-likeness (QED) is 0.697. The Morgan fingerprint density at radius 2 is 1.47 bits per heavy atom. The van der Waals surface area contributed by atoms with Crippen molar-refractivity contribution in [1.82, 2.24) is 0 Å². The molecule has 0 unspecified atom stereocenters. The lowest BCUT2D eigenvalue weighted by Crippen LogP contribution is -2.02. The average Bonchev–Trinajstić information content (AvgIpc) is 2.45. The van der Waals surface area contributed by atoms with E-state index < -0.39 is 0 Å². The van der Waals surface area contributed by atoms with E-state index in [2.05, 4.69) is 67.7 Å². The molecule has 1 N–H and O–H groups in total. The van der Waals surface area contributed by atoms with Gasteiger partial charge < -0.3 is 5.32 Å². The summed E-state index contributed by atoms with van der Waals surface area (Å²) in [5.74, 6) is 0.794. The zero-order valence-electron chi connectivity index (χ0n) is 11.9. The van der Waals surface area contributed by atoms with Gasteiger partial charge in [-0.25, -0.2) is 0 Å². The predicted octanol–water partition coefficient (Wildman–Crippen LogP) is 5.20. The van der Waals surface area contributed by atoms with E-state index >= 15 is 0 Å². The molecular weight excluding hydrogens is 230 g/mol. The molecule has 100 valence electrons. The number of nitrogens with one attached hydrogen (secondary N) is 1. The molecule has 0 saturated carbocycles. The Labute approximate surface area is 116 Å². The SMILES string of the molecule is CC(C)CCCNc1ccc(-c2ccccc2)cc1. The standard InChI is InChI=1S/C18H23N/c1-15(2)7-6-14-19-18-12-10-17(11-13-18)16-8-4-3-5-9-16/h3-5,8-13,15,19H,6-7,14H2,1-2H3. The first-order valence-corrected chi connectivity index (χ1v) is 7.15. The van der Waals surface area contributed by atoms with Crippen LogP contribution < -0.4 is 5.32 Å². The first-order chi connectivity index (χ1) is 9.25. The van der Waals surface area contributed by atoms with Crippen LogP contribution in [0.25, 0.3) is 11.1 Å². The van der Waals surface area contributed by atoms with Gasteiger partial charge in [0.15, 0.2) is 0 Å². The number of hydrogen-bond donors (Lipinski definition) is 1. The number of rotatable bonds is 6. The highest BCUT2D eigenvalue weighted by Crippen LogP contribution is 2.21. The Balaban J connectivity index is 1.88. The molecule has 2 rings (SSSR count). The monoisotopic (exact) mass is 253 g/mol. The largest absolute Gasteiger partial charge is 0.385 e. The van der Waals surface area contributed by atoms with E-state index in [-0.39, 0.29) is 0 Å². The Morgan fingerprint density at radius 3 is 2.11 bits per heavy atom. The van der Waals surface area contributed by atoms with Crippen LogP contribution in [-0.2, 0) is 0 Å². The van der Waals surface area contributed by atoms with Crippen LogP contribution in [0.2, 0.25) is 0 Å². The second kappa shape index (κ2) is 6.98. The minimum Gasteiger partial charge on any atom is -0.385 e. The second-order valence-electron chi connectivity index (χ2n) is 5.41. The summed E-state index contributed by atoms with van der Waals surface area (Å²) in [7, 11) is 0. The second-order valence-corrected chi connectivity index (χ2v) is 5.41. The summed E-state index contributed by atoms with van der Waals surface area (Å²) in [5.41, 5.74) is 3.76. The topological polar surface area (TPSA) is 12.0 Å². The maximum Gasteiger partial charge on any atom is 0.0340 e. The summed E-state index contributed by atoms with van der Waals surface area (Å²) in [6.07, 6.45) is 2.52. The lowest BCUT2D eigenvalue weighted by atomic mass is 10.1. The van der Waals surface area contributed by atoms with Crippen LogP contribution in [-0.4, -0.2) is 6.54 Å². The molecule has 2 aromatic carbocycles. The lowest BCUT2D eigenvalue weighted by Gasteiger charge is -2.09. The fraction of sp³-hybridized carbons (Fsp3) is 0.333. The van der Waals surface area contributed by atoms with Gasteiger partial charge in [-0.15, -0.1) is 0 Å². The normalized spacial score (nSPS) is 10.7. The van der Waals surface area contributed by atoms with Crippen LogP contribution in [0.1, 0.15) is 26.7 Å². The Bertz CT molecular complexity index is 471. The van der Waals surface area contributed by atoms with Gasteiger partial charge >= 0.3 is 0 Å². The fourth-order valence-corrected chi connectivity index (χ4v) is 2.15. The van der Waals surface area contributed by atoms with Crippen molar-refractivity contribution in [3.8, 4) is 11.1 Å². The highest BCUT2D eigenvalue weighted by Gasteiger charge is 1.98. The van der Waals surface area contributed by atoms with Crippen LogP contribution in [0, 0.1) is 5.92 Å². The number of benzene rings is 2. The zero-order valence-corrected chi connectivity index (χ0v) is 11.9. The molecule has 0 bridgehead atoms. The molecule has 1 nitrogen and oxygen atoms in total. The van der Waals surface area contributed by atoms with Gasteiger partial charge in [0, 0.05) is 12.2 Å². The Morgan fingerprint density at radius 1 is 0.842 bits per heavy atom. The predicted molar refractivity (Wildman–Crippen MR) is 84.4 cm³/mol. The maximum atomic E-state index is 3.48. The van der Waals surface area contributed by atoms with E-state index in [9.17, 15) is 0 Å². The summed E-state index contributed by atoms with van der Waals surface area (Å²) < 4.78 is 0.